The van der Waals surface area contributed by atoms with Crippen molar-refractivity contribution in [3.05, 3.63) is 35.9 Å². The zero-order valence-corrected chi connectivity index (χ0v) is 14.2. The Labute approximate surface area is 136 Å². The van der Waals surface area contributed by atoms with E-state index in [2.05, 4.69) is 0 Å². The molecule has 1 aromatic carbocycles. The van der Waals surface area contributed by atoms with Crippen molar-refractivity contribution in [2.24, 2.45) is 0 Å². The third-order valence-electron chi connectivity index (χ3n) is 4.70. The molecule has 6 heteroatoms. The maximum absolute atomic E-state index is 12.5. The molecule has 1 aliphatic rings. The van der Waals surface area contributed by atoms with Crippen molar-refractivity contribution in [3.63, 3.8) is 0 Å². The average molecular weight is 324 g/mol. The quantitative estimate of drug-likeness (QED) is 0.835. The average Bonchev–Trinajstić information content (AvgIpc) is 2.58. The van der Waals surface area contributed by atoms with Gasteiger partial charge in [0.25, 0.3) is 5.79 Å². The molecule has 1 N–H and O–H groups in total. The van der Waals surface area contributed by atoms with E-state index in [0.29, 0.717) is 5.56 Å². The fourth-order valence-corrected chi connectivity index (χ4v) is 2.74. The minimum Gasteiger partial charge on any atom is -0.425 e. The van der Waals surface area contributed by atoms with Crippen LogP contribution in [0.15, 0.2) is 30.3 Å². The van der Waals surface area contributed by atoms with Gasteiger partial charge in [-0.2, -0.15) is 0 Å². The van der Waals surface area contributed by atoms with Crippen molar-refractivity contribution in [1.82, 2.24) is 0 Å². The van der Waals surface area contributed by atoms with Crippen molar-refractivity contribution in [2.75, 3.05) is 14.2 Å². The molecule has 23 heavy (non-hydrogen) atoms. The van der Waals surface area contributed by atoms with Gasteiger partial charge in [0.15, 0.2) is 6.10 Å². The fourth-order valence-electron chi connectivity index (χ4n) is 2.74. The second kappa shape index (κ2) is 6.20. The second-order valence-corrected chi connectivity index (χ2v) is 5.86. The lowest BCUT2D eigenvalue weighted by molar-refractivity contribution is -0.417. The number of esters is 1. The summed E-state index contributed by atoms with van der Waals surface area (Å²) in [5.41, 5.74) is -0.961. The standard InChI is InChI=1S/C17H24O6/c1-6-17(19,12-10-8-7-9-11-12)13-14(18)23-16(3,21-5)15(2,20-4)22-13/h7-11,13,19H,6H2,1-5H3/t13-,15-,16-,17+/m0/s1. The Morgan fingerprint density at radius 3 is 2.22 bits per heavy atom. The number of hydrogen-bond donors (Lipinski definition) is 1. The maximum atomic E-state index is 12.5. The van der Waals surface area contributed by atoms with E-state index in [4.69, 9.17) is 18.9 Å². The second-order valence-electron chi connectivity index (χ2n) is 5.86. The number of benzene rings is 1. The van der Waals surface area contributed by atoms with Gasteiger partial charge >= 0.3 is 5.97 Å². The van der Waals surface area contributed by atoms with Crippen molar-refractivity contribution in [2.45, 2.75) is 50.5 Å². The highest BCUT2D eigenvalue weighted by atomic mass is 16.8. The fraction of sp³-hybridized carbons (Fsp3) is 0.588. The highest BCUT2D eigenvalue weighted by molar-refractivity contribution is 5.78. The lowest BCUT2D eigenvalue weighted by Gasteiger charge is -2.50. The first-order chi connectivity index (χ1) is 10.8. The summed E-state index contributed by atoms with van der Waals surface area (Å²) in [5.74, 6) is -3.48. The molecule has 0 bridgehead atoms. The van der Waals surface area contributed by atoms with Gasteiger partial charge in [0, 0.05) is 21.1 Å². The number of rotatable bonds is 5. The Bertz CT molecular complexity index is 561. The van der Waals surface area contributed by atoms with Crippen LogP contribution >= 0.6 is 0 Å². The molecular weight excluding hydrogens is 300 g/mol. The molecule has 0 radical (unpaired) electrons. The zero-order chi connectivity index (χ0) is 17.3. The summed E-state index contributed by atoms with van der Waals surface area (Å²) < 4.78 is 22.0. The van der Waals surface area contributed by atoms with Crippen LogP contribution in [0.1, 0.15) is 32.8 Å². The van der Waals surface area contributed by atoms with Crippen LogP contribution < -0.4 is 0 Å². The Hall–Kier alpha value is -1.47. The van der Waals surface area contributed by atoms with Gasteiger partial charge in [-0.1, -0.05) is 37.3 Å². The monoisotopic (exact) mass is 324 g/mol. The Kier molecular flexibility index (Phi) is 4.82. The molecular formula is C17H24O6. The predicted molar refractivity (Wildman–Crippen MR) is 82.4 cm³/mol. The summed E-state index contributed by atoms with van der Waals surface area (Å²) in [6.45, 7) is 4.94. The molecule has 0 aliphatic carbocycles. The van der Waals surface area contributed by atoms with E-state index in [-0.39, 0.29) is 6.42 Å². The van der Waals surface area contributed by atoms with Crippen LogP contribution in [0, 0.1) is 0 Å². The van der Waals surface area contributed by atoms with Crippen LogP contribution in [-0.2, 0) is 29.3 Å². The minimum atomic E-state index is -1.53. The topological polar surface area (TPSA) is 74.2 Å². The van der Waals surface area contributed by atoms with E-state index in [1.807, 2.05) is 6.07 Å². The van der Waals surface area contributed by atoms with Crippen LogP contribution in [-0.4, -0.2) is 43.0 Å². The van der Waals surface area contributed by atoms with Gasteiger partial charge in [0.2, 0.25) is 5.79 Å². The van der Waals surface area contributed by atoms with Gasteiger partial charge in [-0.05, 0) is 18.9 Å². The third kappa shape index (κ3) is 2.76. The van der Waals surface area contributed by atoms with Crippen LogP contribution in [0.5, 0.6) is 0 Å². The summed E-state index contributed by atoms with van der Waals surface area (Å²) in [6, 6.07) is 8.90. The molecule has 1 aromatic rings. The summed E-state index contributed by atoms with van der Waals surface area (Å²) in [7, 11) is 2.83. The smallest absolute Gasteiger partial charge is 0.341 e. The Morgan fingerprint density at radius 1 is 1.17 bits per heavy atom. The molecule has 128 valence electrons. The van der Waals surface area contributed by atoms with Crippen LogP contribution in [0.3, 0.4) is 0 Å². The maximum Gasteiger partial charge on any atom is 0.341 e. The molecule has 6 nitrogen and oxygen atoms in total. The summed E-state index contributed by atoms with van der Waals surface area (Å²) in [4.78, 5) is 12.5. The van der Waals surface area contributed by atoms with Crippen molar-refractivity contribution in [1.29, 1.82) is 0 Å². The third-order valence-corrected chi connectivity index (χ3v) is 4.70. The predicted octanol–water partition coefficient (Wildman–Crippen LogP) is 1.95. The van der Waals surface area contributed by atoms with Gasteiger partial charge in [-0.25, -0.2) is 4.79 Å². The van der Waals surface area contributed by atoms with E-state index < -0.39 is 29.2 Å². The SMILES string of the molecule is CC[C@@](O)(c1ccccc1)[C@H]1O[C@](C)(OC)[C@@](C)(OC)OC1=O. The summed E-state index contributed by atoms with van der Waals surface area (Å²) >= 11 is 0. The first-order valence-corrected chi connectivity index (χ1v) is 7.55. The molecule has 0 saturated carbocycles. The number of carbonyl (C=O) groups excluding carboxylic acids is 1. The number of methoxy groups -OCH3 is 2. The molecule has 0 unspecified atom stereocenters. The van der Waals surface area contributed by atoms with Gasteiger partial charge in [-0.15, -0.1) is 0 Å². The van der Waals surface area contributed by atoms with E-state index in [1.165, 1.54) is 14.2 Å². The lowest BCUT2D eigenvalue weighted by Crippen LogP contribution is -2.67. The van der Waals surface area contributed by atoms with Crippen molar-refractivity contribution in [3.8, 4) is 0 Å². The number of hydrogen-bond acceptors (Lipinski definition) is 6. The molecule has 4 atom stereocenters. The van der Waals surface area contributed by atoms with Crippen LogP contribution in [0.25, 0.3) is 0 Å². The molecule has 0 spiro atoms. The molecule has 1 aliphatic heterocycles. The normalized spacial score (nSPS) is 33.8. The lowest BCUT2D eigenvalue weighted by atomic mass is 9.84. The van der Waals surface area contributed by atoms with Gasteiger partial charge in [0.05, 0.1) is 0 Å². The Balaban J connectivity index is 2.45. The van der Waals surface area contributed by atoms with Crippen molar-refractivity contribution < 1.29 is 28.8 Å². The largest absolute Gasteiger partial charge is 0.425 e. The minimum absolute atomic E-state index is 0.264. The number of aliphatic hydroxyl groups is 1. The molecule has 1 fully saturated rings. The van der Waals surface area contributed by atoms with Crippen LogP contribution in [0.4, 0.5) is 0 Å². The highest BCUT2D eigenvalue weighted by Crippen LogP contribution is 2.43. The van der Waals surface area contributed by atoms with Gasteiger partial charge < -0.3 is 24.1 Å². The van der Waals surface area contributed by atoms with E-state index in [9.17, 15) is 9.90 Å². The van der Waals surface area contributed by atoms with E-state index in [1.54, 1.807) is 45.0 Å². The molecule has 1 heterocycles. The summed E-state index contributed by atoms with van der Waals surface area (Å²) in [6.07, 6.45) is -0.969. The van der Waals surface area contributed by atoms with Gasteiger partial charge in [-0.3, -0.25) is 0 Å². The first kappa shape index (κ1) is 17.9. The van der Waals surface area contributed by atoms with E-state index in [0.717, 1.165) is 0 Å². The number of ether oxygens (including phenoxy) is 4. The van der Waals surface area contributed by atoms with Crippen LogP contribution in [0.2, 0.25) is 0 Å². The molecule has 1 saturated heterocycles. The zero-order valence-electron chi connectivity index (χ0n) is 14.2. The number of cyclic esters (lactones) is 1. The molecule has 2 rings (SSSR count). The Morgan fingerprint density at radius 2 is 1.74 bits per heavy atom. The van der Waals surface area contributed by atoms with E-state index >= 15 is 0 Å². The molecule has 0 amide bonds. The first-order valence-electron chi connectivity index (χ1n) is 7.55. The number of carbonyl (C=O) groups is 1. The molecule has 0 aromatic heterocycles. The highest BCUT2D eigenvalue weighted by Gasteiger charge is 2.61. The van der Waals surface area contributed by atoms with Crippen molar-refractivity contribution >= 4 is 5.97 Å². The summed E-state index contributed by atoms with van der Waals surface area (Å²) in [5, 5.41) is 11.1. The van der Waals surface area contributed by atoms with Gasteiger partial charge in [0.1, 0.15) is 5.60 Å².